The number of halogens is 1. The minimum atomic E-state index is -2.13. The van der Waals surface area contributed by atoms with Crippen molar-refractivity contribution in [1.29, 1.82) is 0 Å². The molecule has 0 saturated heterocycles. The summed E-state index contributed by atoms with van der Waals surface area (Å²) in [5, 5.41) is 0. The second-order valence-corrected chi connectivity index (χ2v) is 4.30. The molecule has 2 heteroatoms. The van der Waals surface area contributed by atoms with Crippen LogP contribution in [0, 0.1) is 13.8 Å². The number of nitrogens with zero attached hydrogens (tertiary/aromatic N) is 1. The van der Waals surface area contributed by atoms with Gasteiger partial charge in [-0.05, 0) is 48.7 Å². The van der Waals surface area contributed by atoms with Crippen LogP contribution in [0.1, 0.15) is 15.2 Å². The van der Waals surface area contributed by atoms with Crippen molar-refractivity contribution in [2.45, 2.75) is 13.8 Å². The Morgan fingerprint density at radius 2 is 2.07 bits per heavy atom. The van der Waals surface area contributed by atoms with Crippen LogP contribution in [-0.4, -0.2) is 4.98 Å². The molecule has 0 bridgehead atoms. The van der Waals surface area contributed by atoms with E-state index in [1.54, 1.807) is 12.3 Å². The highest BCUT2D eigenvalue weighted by molar-refractivity contribution is 9.10. The molecule has 0 spiro atoms. The van der Waals surface area contributed by atoms with Crippen molar-refractivity contribution < 1.29 is 4.11 Å². The van der Waals surface area contributed by atoms with Crippen molar-refractivity contribution in [1.82, 2.24) is 4.98 Å². The number of aryl methyl sites for hydroxylation is 2. The van der Waals surface area contributed by atoms with Gasteiger partial charge in [-0.2, -0.15) is 0 Å². The van der Waals surface area contributed by atoms with Crippen LogP contribution in [0.2, 0.25) is 0 Å². The zero-order chi connectivity index (χ0) is 13.3. The second kappa shape index (κ2) is 4.15. The van der Waals surface area contributed by atoms with Crippen LogP contribution >= 0.6 is 15.9 Å². The fourth-order valence-corrected chi connectivity index (χ4v) is 1.85. The molecule has 2 aromatic rings. The van der Waals surface area contributed by atoms with E-state index in [2.05, 4.69) is 20.9 Å². The van der Waals surface area contributed by atoms with Crippen molar-refractivity contribution in [2.75, 3.05) is 0 Å². The molecule has 0 N–H and O–H groups in total. The molecule has 1 nitrogen and oxygen atoms in total. The molecule has 0 aliphatic rings. The van der Waals surface area contributed by atoms with E-state index < -0.39 is 6.85 Å². The molecule has 15 heavy (non-hydrogen) atoms. The molecule has 0 fully saturated rings. The van der Waals surface area contributed by atoms with Gasteiger partial charge in [-0.3, -0.25) is 4.98 Å². The molecule has 0 unspecified atom stereocenters. The average Bonchev–Trinajstić information content (AvgIpc) is 2.31. The van der Waals surface area contributed by atoms with E-state index >= 15 is 0 Å². The Balaban J connectivity index is 2.68. The quantitative estimate of drug-likeness (QED) is 0.755. The zero-order valence-electron chi connectivity index (χ0n) is 11.3. The van der Waals surface area contributed by atoms with Crippen LogP contribution in [0.25, 0.3) is 11.1 Å². The topological polar surface area (TPSA) is 12.9 Å². The molecule has 0 radical (unpaired) electrons. The SMILES string of the molecule is [2H]C([2H])([2H])c1ccncc1-c1cc(Br)ccc1C. The van der Waals surface area contributed by atoms with E-state index in [-0.39, 0.29) is 0 Å². The summed E-state index contributed by atoms with van der Waals surface area (Å²) in [6.07, 6.45) is 3.12. The molecular formula is C13H12BrN. The number of benzene rings is 1. The molecule has 1 heterocycles. The molecule has 2 rings (SSSR count). The van der Waals surface area contributed by atoms with Gasteiger partial charge >= 0.3 is 0 Å². The van der Waals surface area contributed by atoms with Gasteiger partial charge in [-0.25, -0.2) is 0 Å². The van der Waals surface area contributed by atoms with Gasteiger partial charge in [-0.1, -0.05) is 22.0 Å². The molecule has 1 aromatic carbocycles. The highest BCUT2D eigenvalue weighted by Crippen LogP contribution is 2.28. The van der Waals surface area contributed by atoms with E-state index in [1.165, 1.54) is 6.20 Å². The van der Waals surface area contributed by atoms with Crippen molar-refractivity contribution in [3.63, 3.8) is 0 Å². The first kappa shape index (κ1) is 7.18. The first-order chi connectivity index (χ1) is 8.39. The van der Waals surface area contributed by atoms with Crippen LogP contribution in [0.15, 0.2) is 41.1 Å². The Labute approximate surface area is 103 Å². The van der Waals surface area contributed by atoms with Gasteiger partial charge in [0.05, 0.1) is 0 Å². The van der Waals surface area contributed by atoms with Crippen LogP contribution in [0.5, 0.6) is 0 Å². The van der Waals surface area contributed by atoms with Crippen molar-refractivity contribution in [3.05, 3.63) is 52.3 Å². The van der Waals surface area contributed by atoms with E-state index in [1.807, 2.05) is 25.1 Å². The summed E-state index contributed by atoms with van der Waals surface area (Å²) in [6.45, 7) is -0.175. The van der Waals surface area contributed by atoms with Gasteiger partial charge in [-0.15, -0.1) is 0 Å². The van der Waals surface area contributed by atoms with Crippen molar-refractivity contribution in [3.8, 4) is 11.1 Å². The van der Waals surface area contributed by atoms with E-state index in [9.17, 15) is 0 Å². The number of hydrogen-bond donors (Lipinski definition) is 0. The zero-order valence-corrected chi connectivity index (χ0v) is 9.88. The summed E-state index contributed by atoms with van der Waals surface area (Å²) < 4.78 is 23.7. The Morgan fingerprint density at radius 1 is 1.20 bits per heavy atom. The normalized spacial score (nSPS) is 14.1. The molecule has 1 aromatic heterocycles. The molecule has 0 amide bonds. The predicted molar refractivity (Wildman–Crippen MR) is 66.8 cm³/mol. The minimum Gasteiger partial charge on any atom is -0.264 e. The Kier molecular flexibility index (Phi) is 1.99. The van der Waals surface area contributed by atoms with E-state index in [4.69, 9.17) is 4.11 Å². The summed E-state index contributed by atoms with van der Waals surface area (Å²) >= 11 is 3.41. The standard InChI is InChI=1S/C13H12BrN/c1-9-3-4-11(14)7-12(9)13-8-15-6-5-10(13)2/h3-8H,1-2H3/i2D3. The lowest BCUT2D eigenvalue weighted by Gasteiger charge is -2.08. The lowest BCUT2D eigenvalue weighted by Crippen LogP contribution is -1.88. The lowest BCUT2D eigenvalue weighted by atomic mass is 9.99. The Bertz CT molecular complexity index is 579. The van der Waals surface area contributed by atoms with Gasteiger partial charge in [0.25, 0.3) is 0 Å². The van der Waals surface area contributed by atoms with Gasteiger partial charge in [0.2, 0.25) is 0 Å². The molecule has 0 aliphatic heterocycles. The molecule has 76 valence electrons. The number of rotatable bonds is 1. The molecule has 0 atom stereocenters. The average molecular weight is 265 g/mol. The number of pyridine rings is 1. The van der Waals surface area contributed by atoms with Crippen molar-refractivity contribution in [2.24, 2.45) is 0 Å². The smallest absolute Gasteiger partial charge is 0.0349 e. The first-order valence-corrected chi connectivity index (χ1v) is 5.40. The van der Waals surface area contributed by atoms with Crippen LogP contribution in [-0.2, 0) is 0 Å². The Morgan fingerprint density at radius 3 is 2.87 bits per heavy atom. The molecular weight excluding hydrogens is 250 g/mol. The Hall–Kier alpha value is -1.15. The fourth-order valence-electron chi connectivity index (χ4n) is 1.49. The van der Waals surface area contributed by atoms with E-state index in [0.717, 1.165) is 15.6 Å². The lowest BCUT2D eigenvalue weighted by molar-refractivity contribution is 1.28. The minimum absolute atomic E-state index is 0.332. The first-order valence-electron chi connectivity index (χ1n) is 6.10. The van der Waals surface area contributed by atoms with Crippen LogP contribution < -0.4 is 0 Å². The maximum absolute atomic E-state index is 7.58. The predicted octanol–water partition coefficient (Wildman–Crippen LogP) is 4.13. The maximum atomic E-state index is 7.58. The monoisotopic (exact) mass is 264 g/mol. The van der Waals surface area contributed by atoms with Gasteiger partial charge in [0.1, 0.15) is 0 Å². The summed E-state index contributed by atoms with van der Waals surface area (Å²) in [4.78, 5) is 4.04. The highest BCUT2D eigenvalue weighted by Gasteiger charge is 2.05. The summed E-state index contributed by atoms with van der Waals surface area (Å²) in [6, 6.07) is 7.37. The van der Waals surface area contributed by atoms with Gasteiger partial charge in [0, 0.05) is 26.5 Å². The molecule has 0 aliphatic carbocycles. The molecule has 0 saturated carbocycles. The van der Waals surface area contributed by atoms with Gasteiger partial charge < -0.3 is 0 Å². The largest absolute Gasteiger partial charge is 0.264 e. The third kappa shape index (κ3) is 2.10. The number of hydrogen-bond acceptors (Lipinski definition) is 1. The van der Waals surface area contributed by atoms with Crippen LogP contribution in [0.3, 0.4) is 0 Å². The number of aromatic nitrogens is 1. The van der Waals surface area contributed by atoms with E-state index in [0.29, 0.717) is 11.1 Å². The summed E-state index contributed by atoms with van der Waals surface area (Å²) in [5.74, 6) is 0. The van der Waals surface area contributed by atoms with Gasteiger partial charge in [0.15, 0.2) is 0 Å². The summed E-state index contributed by atoms with van der Waals surface area (Å²) in [7, 11) is 0. The third-order valence-electron chi connectivity index (χ3n) is 2.31. The van der Waals surface area contributed by atoms with Crippen LogP contribution in [0.4, 0.5) is 0 Å². The highest BCUT2D eigenvalue weighted by atomic mass is 79.9. The van der Waals surface area contributed by atoms with Crippen molar-refractivity contribution >= 4 is 15.9 Å². The second-order valence-electron chi connectivity index (χ2n) is 3.38. The third-order valence-corrected chi connectivity index (χ3v) is 2.80. The summed E-state index contributed by atoms with van der Waals surface area (Å²) in [5.41, 5.74) is 2.91. The maximum Gasteiger partial charge on any atom is 0.0349 e. The fraction of sp³-hybridized carbons (Fsp3) is 0.154.